The zero-order valence-corrected chi connectivity index (χ0v) is 24.7. The number of thiophene rings is 1. The third-order valence-corrected chi connectivity index (χ3v) is 8.74. The van der Waals surface area contributed by atoms with Gasteiger partial charge in [-0.25, -0.2) is 4.79 Å². The fraction of sp³-hybridized carbons (Fsp3) is 0.586. The summed E-state index contributed by atoms with van der Waals surface area (Å²) in [5.41, 5.74) is -0.165. The Balaban J connectivity index is 0.000000366. The molecule has 10 nitrogen and oxygen atoms in total. The van der Waals surface area contributed by atoms with Crippen LogP contribution in [0.25, 0.3) is 0 Å². The zero-order valence-electron chi connectivity index (χ0n) is 23.9. The minimum atomic E-state index is -2.74. The zero-order chi connectivity index (χ0) is 30.1. The molecule has 0 aromatic carbocycles. The maximum absolute atomic E-state index is 10.3. The second-order valence-corrected chi connectivity index (χ2v) is 12.0. The van der Waals surface area contributed by atoms with Crippen molar-refractivity contribution >= 4 is 29.2 Å². The average Bonchev–Trinajstić information content (AvgIpc) is 3.54. The number of aryl methyl sites for hydroxylation is 2. The van der Waals surface area contributed by atoms with Gasteiger partial charge in [-0.05, 0) is 83.5 Å². The van der Waals surface area contributed by atoms with E-state index in [4.69, 9.17) is 25.2 Å². The number of likely N-dealkylation sites (tertiary alicyclic amines) is 1. The number of hydrogen-bond donors (Lipinski definition) is 4. The number of nitrogens with zero attached hydrogens (tertiary/aromatic N) is 2. The number of carboxylic acids is 3. The first kappa shape index (κ1) is 33.3. The Kier molecular flexibility index (Phi) is 11.8. The highest BCUT2D eigenvalue weighted by atomic mass is 32.1. The molecular weight excluding hydrogens is 536 g/mol. The number of aromatic nitrogens is 1. The molecule has 0 bridgehead atoms. The van der Waals surface area contributed by atoms with E-state index in [-0.39, 0.29) is 17.1 Å². The second-order valence-electron chi connectivity index (χ2n) is 10.9. The molecule has 3 heterocycles. The van der Waals surface area contributed by atoms with Gasteiger partial charge in [0.15, 0.2) is 5.60 Å². The minimum absolute atomic E-state index is 0.0166. The number of aliphatic carboxylic acids is 3. The van der Waals surface area contributed by atoms with Crippen LogP contribution in [0.15, 0.2) is 35.8 Å². The van der Waals surface area contributed by atoms with Gasteiger partial charge in [-0.1, -0.05) is 12.1 Å². The van der Waals surface area contributed by atoms with Crippen LogP contribution in [0.1, 0.15) is 69.5 Å². The lowest BCUT2D eigenvalue weighted by molar-refractivity contribution is -0.170. The minimum Gasteiger partial charge on any atom is -0.481 e. The molecule has 1 fully saturated rings. The normalized spacial score (nSPS) is 18.6. The largest absolute Gasteiger partial charge is 0.481 e. The van der Waals surface area contributed by atoms with Gasteiger partial charge in [0, 0.05) is 40.9 Å². The van der Waals surface area contributed by atoms with Crippen LogP contribution in [0, 0.1) is 12.3 Å². The molecule has 2 aromatic rings. The quantitative estimate of drug-likeness (QED) is 0.272. The van der Waals surface area contributed by atoms with Gasteiger partial charge in [-0.3, -0.25) is 19.5 Å². The summed E-state index contributed by atoms with van der Waals surface area (Å²) in [7, 11) is 0. The molecule has 1 aliphatic rings. The maximum Gasteiger partial charge on any atom is 0.336 e. The van der Waals surface area contributed by atoms with Crippen LogP contribution in [-0.4, -0.2) is 79.6 Å². The molecule has 3 rings (SSSR count). The number of pyridine rings is 1. The Morgan fingerprint density at radius 1 is 1.15 bits per heavy atom. The molecule has 0 radical (unpaired) electrons. The molecule has 222 valence electrons. The van der Waals surface area contributed by atoms with Crippen molar-refractivity contribution in [1.82, 2.24) is 9.88 Å². The van der Waals surface area contributed by atoms with Crippen LogP contribution in [0.2, 0.25) is 0 Å². The smallest absolute Gasteiger partial charge is 0.336 e. The van der Waals surface area contributed by atoms with Crippen LogP contribution in [0.3, 0.4) is 0 Å². The molecule has 2 aromatic heterocycles. The summed E-state index contributed by atoms with van der Waals surface area (Å²) in [5.74, 6) is -5.02. The standard InChI is InChI=1S/C23H34N2OS.C6H8O7/c1-6-26-19(3)23(12-11-21-8-7-15-27-21)13-14-25(17-23)22(4,5)20-10-9-18(2)24-16-20;7-3(8)1-6(13,5(11)12)2-4(9)10/h7-10,15-16,19H,6,11-14,17H2,1-5H3;13H,1-2H2,(H,7,8)(H,9,10)(H,11,12)/t19-,23-;/m1./s1. The van der Waals surface area contributed by atoms with Gasteiger partial charge >= 0.3 is 17.9 Å². The number of carbonyl (C=O) groups is 3. The van der Waals surface area contributed by atoms with Crippen molar-refractivity contribution in [2.24, 2.45) is 5.41 Å². The van der Waals surface area contributed by atoms with Gasteiger partial charge in [-0.15, -0.1) is 11.3 Å². The molecule has 2 atom stereocenters. The summed E-state index contributed by atoms with van der Waals surface area (Å²) >= 11 is 1.87. The predicted octanol–water partition coefficient (Wildman–Crippen LogP) is 4.19. The monoisotopic (exact) mass is 578 g/mol. The van der Waals surface area contributed by atoms with Gasteiger partial charge in [0.05, 0.1) is 18.9 Å². The lowest BCUT2D eigenvalue weighted by atomic mass is 9.77. The average molecular weight is 579 g/mol. The Labute approximate surface area is 239 Å². The summed E-state index contributed by atoms with van der Waals surface area (Å²) in [5, 5.41) is 36.0. The van der Waals surface area contributed by atoms with E-state index in [1.807, 2.05) is 24.5 Å². The summed E-state index contributed by atoms with van der Waals surface area (Å²) in [6.45, 7) is 14.1. The molecule has 11 heteroatoms. The van der Waals surface area contributed by atoms with Crippen LogP contribution < -0.4 is 0 Å². The Hall–Kier alpha value is -2.86. The summed E-state index contributed by atoms with van der Waals surface area (Å²) in [6.07, 6.45) is 3.57. The first-order valence-corrected chi connectivity index (χ1v) is 14.2. The van der Waals surface area contributed by atoms with Crippen LogP contribution in [0.4, 0.5) is 0 Å². The Bertz CT molecular complexity index is 1100. The molecule has 0 saturated carbocycles. The number of ether oxygens (including phenoxy) is 1. The Morgan fingerprint density at radius 3 is 2.27 bits per heavy atom. The highest BCUT2D eigenvalue weighted by molar-refractivity contribution is 7.09. The van der Waals surface area contributed by atoms with Crippen molar-refractivity contribution in [1.29, 1.82) is 0 Å². The third-order valence-electron chi connectivity index (χ3n) is 7.81. The first-order chi connectivity index (χ1) is 18.6. The van der Waals surface area contributed by atoms with Gasteiger partial charge < -0.3 is 25.2 Å². The van der Waals surface area contributed by atoms with E-state index in [1.54, 1.807) is 0 Å². The molecule has 1 saturated heterocycles. The van der Waals surface area contributed by atoms with E-state index >= 15 is 0 Å². The molecule has 4 N–H and O–H groups in total. The van der Waals surface area contributed by atoms with Crippen molar-refractivity contribution in [2.75, 3.05) is 19.7 Å². The topological polar surface area (TPSA) is 157 Å². The second kappa shape index (κ2) is 14.2. The van der Waals surface area contributed by atoms with Crippen molar-refractivity contribution in [3.63, 3.8) is 0 Å². The fourth-order valence-corrected chi connectivity index (χ4v) is 5.80. The van der Waals surface area contributed by atoms with Crippen molar-refractivity contribution in [3.05, 3.63) is 52.0 Å². The maximum atomic E-state index is 10.3. The first-order valence-electron chi connectivity index (χ1n) is 13.4. The van der Waals surface area contributed by atoms with E-state index in [2.05, 4.69) is 67.2 Å². The Morgan fingerprint density at radius 2 is 1.80 bits per heavy atom. The molecule has 0 aliphatic carbocycles. The third kappa shape index (κ3) is 8.82. The van der Waals surface area contributed by atoms with E-state index in [1.165, 1.54) is 23.3 Å². The van der Waals surface area contributed by atoms with E-state index in [0.717, 1.165) is 31.8 Å². The van der Waals surface area contributed by atoms with Gasteiger partial charge in [0.2, 0.25) is 0 Å². The molecule has 40 heavy (non-hydrogen) atoms. The van der Waals surface area contributed by atoms with E-state index in [9.17, 15) is 14.4 Å². The van der Waals surface area contributed by atoms with Crippen molar-refractivity contribution in [2.45, 2.75) is 84.0 Å². The number of hydrogen-bond acceptors (Lipinski definition) is 8. The lowest BCUT2D eigenvalue weighted by Crippen LogP contribution is -2.44. The SMILES string of the molecule is CCO[C@H](C)[C@]1(CCc2cccs2)CCN(C(C)(C)c2ccc(C)nc2)C1.O=C(O)CC(O)(CC(=O)O)C(=O)O. The molecule has 0 unspecified atom stereocenters. The van der Waals surface area contributed by atoms with Gasteiger partial charge in [0.25, 0.3) is 0 Å². The van der Waals surface area contributed by atoms with Crippen LogP contribution >= 0.6 is 11.3 Å². The van der Waals surface area contributed by atoms with Crippen LogP contribution in [0.5, 0.6) is 0 Å². The number of aliphatic hydroxyl groups is 1. The molecular formula is C29H42N2O8S. The summed E-state index contributed by atoms with van der Waals surface area (Å²) in [4.78, 5) is 39.1. The predicted molar refractivity (Wildman–Crippen MR) is 151 cm³/mol. The van der Waals surface area contributed by atoms with Crippen molar-refractivity contribution < 1.29 is 39.5 Å². The molecule has 0 amide bonds. The summed E-state index contributed by atoms with van der Waals surface area (Å²) in [6, 6.07) is 8.78. The number of rotatable bonds is 13. The van der Waals surface area contributed by atoms with Crippen LogP contribution in [-0.2, 0) is 31.1 Å². The number of carboxylic acid groups (broad SMARTS) is 3. The fourth-order valence-electron chi connectivity index (χ4n) is 5.09. The van der Waals surface area contributed by atoms with E-state index < -0.39 is 36.4 Å². The highest BCUT2D eigenvalue weighted by Gasteiger charge is 2.47. The van der Waals surface area contributed by atoms with Crippen molar-refractivity contribution in [3.8, 4) is 0 Å². The highest BCUT2D eigenvalue weighted by Crippen LogP contribution is 2.44. The van der Waals surface area contributed by atoms with Gasteiger partial charge in [-0.2, -0.15) is 0 Å². The lowest BCUT2D eigenvalue weighted by Gasteiger charge is -2.40. The van der Waals surface area contributed by atoms with Gasteiger partial charge in [0.1, 0.15) is 0 Å². The van der Waals surface area contributed by atoms with E-state index in [0.29, 0.717) is 0 Å². The summed E-state index contributed by atoms with van der Waals surface area (Å²) < 4.78 is 6.15. The molecule has 0 spiro atoms. The molecule has 1 aliphatic heterocycles.